The first-order valence-corrected chi connectivity index (χ1v) is 8.59. The van der Waals surface area contributed by atoms with E-state index in [9.17, 15) is 9.59 Å². The van der Waals surface area contributed by atoms with Gasteiger partial charge in [-0.2, -0.15) is 0 Å². The fraction of sp³-hybridized carbons (Fsp3) is 0.882. The fourth-order valence-corrected chi connectivity index (χ4v) is 3.02. The van der Waals surface area contributed by atoms with Crippen LogP contribution in [-0.4, -0.2) is 29.7 Å². The van der Waals surface area contributed by atoms with Gasteiger partial charge in [0.05, 0.1) is 5.54 Å². The van der Waals surface area contributed by atoms with Crippen molar-refractivity contribution in [2.45, 2.75) is 83.3 Å². The lowest BCUT2D eigenvalue weighted by molar-refractivity contribution is -0.122. The minimum absolute atomic E-state index is 0.134. The second-order valence-corrected chi connectivity index (χ2v) is 7.81. The second kappa shape index (κ2) is 6.88. The molecule has 5 heteroatoms. The van der Waals surface area contributed by atoms with Crippen molar-refractivity contribution in [1.82, 2.24) is 10.6 Å². The summed E-state index contributed by atoms with van der Waals surface area (Å²) in [5.74, 6) is 0.332. The molecule has 0 aliphatic heterocycles. The largest absolute Gasteiger partial charge is 0.444 e. The molecule has 0 aromatic carbocycles. The van der Waals surface area contributed by atoms with Crippen LogP contribution in [-0.2, 0) is 9.53 Å². The normalized spacial score (nSPS) is 21.6. The third-order valence-electron chi connectivity index (χ3n) is 4.38. The van der Waals surface area contributed by atoms with Crippen molar-refractivity contribution in [2.75, 3.05) is 6.54 Å². The van der Waals surface area contributed by atoms with Crippen LogP contribution in [0.5, 0.6) is 0 Å². The van der Waals surface area contributed by atoms with E-state index < -0.39 is 5.60 Å². The minimum atomic E-state index is -0.507. The Morgan fingerprint density at radius 1 is 1.09 bits per heavy atom. The number of ether oxygens (including phenoxy) is 1. The molecule has 0 heterocycles. The lowest BCUT2D eigenvalue weighted by atomic mass is 9.90. The first-order valence-electron chi connectivity index (χ1n) is 8.59. The van der Waals surface area contributed by atoms with Crippen molar-refractivity contribution in [3.8, 4) is 0 Å². The number of alkyl carbamates (subject to hydrolysis) is 1. The highest BCUT2D eigenvalue weighted by Gasteiger charge is 2.36. The predicted molar refractivity (Wildman–Crippen MR) is 85.5 cm³/mol. The summed E-state index contributed by atoms with van der Waals surface area (Å²) in [5, 5.41) is 6.11. The highest BCUT2D eigenvalue weighted by atomic mass is 16.6. The quantitative estimate of drug-likeness (QED) is 0.784. The molecule has 0 atom stereocenters. The number of amides is 2. The molecular formula is C17H30N2O3. The first-order chi connectivity index (χ1) is 10.3. The fourth-order valence-electron chi connectivity index (χ4n) is 3.02. The van der Waals surface area contributed by atoms with E-state index in [0.717, 1.165) is 38.5 Å². The molecule has 0 radical (unpaired) electrons. The predicted octanol–water partition coefficient (Wildman–Crippen LogP) is 3.13. The highest BCUT2D eigenvalue weighted by molar-refractivity contribution is 5.81. The van der Waals surface area contributed by atoms with Crippen LogP contribution in [0.1, 0.15) is 72.1 Å². The summed E-state index contributed by atoms with van der Waals surface area (Å²) in [5.41, 5.74) is -0.864. The number of hydrogen-bond donors (Lipinski definition) is 2. The van der Waals surface area contributed by atoms with Gasteiger partial charge in [0.15, 0.2) is 0 Å². The summed E-state index contributed by atoms with van der Waals surface area (Å²) >= 11 is 0. The summed E-state index contributed by atoms with van der Waals surface area (Å²) in [4.78, 5) is 24.1. The van der Waals surface area contributed by atoms with Gasteiger partial charge in [0.25, 0.3) is 0 Å². The zero-order valence-corrected chi connectivity index (χ0v) is 14.2. The van der Waals surface area contributed by atoms with Gasteiger partial charge in [0.1, 0.15) is 5.60 Å². The average molecular weight is 310 g/mol. The number of carbonyl (C=O) groups is 2. The Kier molecular flexibility index (Phi) is 5.35. The summed E-state index contributed by atoms with van der Waals surface area (Å²) in [6, 6.07) is 0. The van der Waals surface area contributed by atoms with E-state index in [1.807, 2.05) is 20.8 Å². The zero-order valence-electron chi connectivity index (χ0n) is 14.2. The topological polar surface area (TPSA) is 67.4 Å². The monoisotopic (exact) mass is 310 g/mol. The van der Waals surface area contributed by atoms with Crippen molar-refractivity contribution < 1.29 is 14.3 Å². The van der Waals surface area contributed by atoms with Crippen molar-refractivity contribution in [3.63, 3.8) is 0 Å². The van der Waals surface area contributed by atoms with Gasteiger partial charge in [-0.05, 0) is 46.5 Å². The molecule has 2 aliphatic rings. The Morgan fingerprint density at radius 2 is 1.68 bits per heavy atom. The molecular weight excluding hydrogens is 280 g/mol. The van der Waals surface area contributed by atoms with Crippen LogP contribution in [0.25, 0.3) is 0 Å². The molecule has 22 heavy (non-hydrogen) atoms. The third-order valence-corrected chi connectivity index (χ3v) is 4.38. The van der Waals surface area contributed by atoms with E-state index in [1.165, 1.54) is 12.8 Å². The molecule has 2 N–H and O–H groups in total. The van der Waals surface area contributed by atoms with Crippen LogP contribution >= 0.6 is 0 Å². The number of rotatable bonds is 4. The molecule has 2 fully saturated rings. The van der Waals surface area contributed by atoms with E-state index >= 15 is 0 Å². The van der Waals surface area contributed by atoms with E-state index in [1.54, 1.807) is 0 Å². The molecule has 0 spiro atoms. The molecule has 0 bridgehead atoms. The zero-order chi connectivity index (χ0) is 16.2. The van der Waals surface area contributed by atoms with E-state index in [2.05, 4.69) is 10.6 Å². The highest BCUT2D eigenvalue weighted by Crippen LogP contribution is 2.30. The molecule has 0 unspecified atom stereocenters. The minimum Gasteiger partial charge on any atom is -0.444 e. The third kappa shape index (κ3) is 5.50. The maximum absolute atomic E-state index is 12.2. The number of nitrogens with one attached hydrogen (secondary N) is 2. The van der Waals surface area contributed by atoms with Crippen LogP contribution < -0.4 is 10.6 Å². The van der Waals surface area contributed by atoms with E-state index in [0.29, 0.717) is 6.54 Å². The van der Waals surface area contributed by atoms with Crippen LogP contribution in [0.15, 0.2) is 0 Å². The van der Waals surface area contributed by atoms with Gasteiger partial charge in [-0.1, -0.05) is 25.7 Å². The summed E-state index contributed by atoms with van der Waals surface area (Å²) in [7, 11) is 0. The lowest BCUT2D eigenvalue weighted by Gasteiger charge is -2.35. The number of hydrogen-bond acceptors (Lipinski definition) is 3. The van der Waals surface area contributed by atoms with Crippen molar-refractivity contribution in [3.05, 3.63) is 0 Å². The first kappa shape index (κ1) is 17.1. The van der Waals surface area contributed by atoms with Crippen molar-refractivity contribution >= 4 is 12.0 Å². The van der Waals surface area contributed by atoms with Gasteiger partial charge in [0.2, 0.25) is 5.91 Å². The van der Waals surface area contributed by atoms with Gasteiger partial charge in [-0.25, -0.2) is 4.79 Å². The Balaban J connectivity index is 1.96. The Morgan fingerprint density at radius 3 is 2.18 bits per heavy atom. The summed E-state index contributed by atoms with van der Waals surface area (Å²) in [6.07, 6.45) is 7.95. The van der Waals surface area contributed by atoms with Gasteiger partial charge in [0, 0.05) is 12.5 Å². The smallest absolute Gasteiger partial charge is 0.408 e. The van der Waals surface area contributed by atoms with E-state index in [4.69, 9.17) is 4.74 Å². The average Bonchev–Trinajstić information content (AvgIpc) is 3.21. The molecule has 0 saturated heterocycles. The molecule has 2 aliphatic carbocycles. The standard InChI is InChI=1S/C17H30N2O3/c1-16(2,3)22-15(21)19-17(10-6-4-5-7-11-17)12-18-14(20)13-8-9-13/h13H,4-12H2,1-3H3,(H,18,20)(H,19,21). The van der Waals surface area contributed by atoms with Crippen LogP contribution in [0, 0.1) is 5.92 Å². The maximum atomic E-state index is 12.2. The van der Waals surface area contributed by atoms with Gasteiger partial charge < -0.3 is 15.4 Å². The summed E-state index contributed by atoms with van der Waals surface area (Å²) in [6.45, 7) is 6.10. The maximum Gasteiger partial charge on any atom is 0.408 e. The number of carbonyl (C=O) groups excluding carboxylic acids is 2. The van der Waals surface area contributed by atoms with Crippen LogP contribution in [0.4, 0.5) is 4.79 Å². The second-order valence-electron chi connectivity index (χ2n) is 7.81. The molecule has 2 amide bonds. The lowest BCUT2D eigenvalue weighted by Crippen LogP contribution is -2.56. The summed E-state index contributed by atoms with van der Waals surface area (Å²) < 4.78 is 5.41. The van der Waals surface area contributed by atoms with Gasteiger partial charge in [-0.3, -0.25) is 4.79 Å². The molecule has 2 rings (SSSR count). The Labute approximate surface area is 133 Å². The van der Waals surface area contributed by atoms with Gasteiger partial charge in [-0.15, -0.1) is 0 Å². The molecule has 126 valence electrons. The Bertz CT molecular complexity index is 403. The van der Waals surface area contributed by atoms with Gasteiger partial charge >= 0.3 is 6.09 Å². The van der Waals surface area contributed by atoms with E-state index in [-0.39, 0.29) is 23.5 Å². The molecule has 0 aromatic heterocycles. The van der Waals surface area contributed by atoms with Crippen LogP contribution in [0.3, 0.4) is 0 Å². The molecule has 0 aromatic rings. The SMILES string of the molecule is CC(C)(C)OC(=O)NC1(CNC(=O)C2CC2)CCCCCC1. The molecule has 5 nitrogen and oxygen atoms in total. The Hall–Kier alpha value is -1.26. The van der Waals surface area contributed by atoms with Crippen LogP contribution in [0.2, 0.25) is 0 Å². The molecule has 2 saturated carbocycles. The van der Waals surface area contributed by atoms with Crippen molar-refractivity contribution in [1.29, 1.82) is 0 Å². The van der Waals surface area contributed by atoms with Crippen molar-refractivity contribution in [2.24, 2.45) is 5.92 Å².